The number of pyridine rings is 2. The molecule has 6 aromatic rings. The minimum absolute atomic E-state index is 0.0325. The molecule has 5 heteroatoms. The van der Waals surface area contributed by atoms with Crippen molar-refractivity contribution >= 4 is 0 Å². The monoisotopic (exact) mass is 547 g/mol. The molecule has 0 atom stereocenters. The first-order valence-corrected chi connectivity index (χ1v) is 13.6. The lowest BCUT2D eigenvalue weighted by molar-refractivity contribution is 0.618. The Hall–Kier alpha value is -5.47. The first-order valence-electron chi connectivity index (χ1n) is 13.6. The number of nitriles is 1. The van der Waals surface area contributed by atoms with Crippen molar-refractivity contribution in [1.82, 2.24) is 9.97 Å². The summed E-state index contributed by atoms with van der Waals surface area (Å²) in [7, 11) is 0. The fraction of sp³-hybridized carbons (Fsp3) is 0.0541. The van der Waals surface area contributed by atoms with Gasteiger partial charge in [0.15, 0.2) is 0 Å². The van der Waals surface area contributed by atoms with Gasteiger partial charge in [-0.25, -0.2) is 8.78 Å². The van der Waals surface area contributed by atoms with Crippen molar-refractivity contribution in [2.75, 3.05) is 0 Å². The number of hydrogen-bond donors (Lipinski definition) is 0. The number of fused-ring (bicyclic) bond motifs is 3. The molecule has 0 radical (unpaired) electrons. The second kappa shape index (κ2) is 9.87. The highest BCUT2D eigenvalue weighted by molar-refractivity contribution is 5.85. The van der Waals surface area contributed by atoms with Gasteiger partial charge in [-0.2, -0.15) is 5.26 Å². The van der Waals surface area contributed by atoms with E-state index in [1.54, 1.807) is 19.1 Å². The second-order valence-electron chi connectivity index (χ2n) is 10.4. The van der Waals surface area contributed by atoms with Crippen LogP contribution in [0.5, 0.6) is 0 Å². The summed E-state index contributed by atoms with van der Waals surface area (Å²) in [5.74, 6) is -0.823. The first-order chi connectivity index (χ1) is 20.5. The minimum Gasteiger partial charge on any atom is -0.251 e. The van der Waals surface area contributed by atoms with Crippen LogP contribution in [0.3, 0.4) is 0 Å². The van der Waals surface area contributed by atoms with Gasteiger partial charge in [0, 0.05) is 11.1 Å². The van der Waals surface area contributed by atoms with Crippen molar-refractivity contribution in [3.63, 3.8) is 0 Å². The summed E-state index contributed by atoms with van der Waals surface area (Å²) in [6.45, 7) is 1.75. The summed E-state index contributed by atoms with van der Waals surface area (Å²) in [6.07, 6.45) is 0. The third kappa shape index (κ3) is 3.84. The quantitative estimate of drug-likeness (QED) is 0.222. The van der Waals surface area contributed by atoms with Crippen LogP contribution in [-0.2, 0) is 5.41 Å². The molecule has 0 spiro atoms. The van der Waals surface area contributed by atoms with Crippen LogP contribution in [-0.4, -0.2) is 9.97 Å². The summed E-state index contributed by atoms with van der Waals surface area (Å²) < 4.78 is 28.3. The number of nitrogens with zero attached hydrogens (tertiary/aromatic N) is 3. The molecule has 0 amide bonds. The molecule has 4 aromatic carbocycles. The number of benzene rings is 4. The summed E-state index contributed by atoms with van der Waals surface area (Å²) in [5.41, 5.74) is 8.29. The van der Waals surface area contributed by atoms with Gasteiger partial charge in [-0.1, -0.05) is 60.7 Å². The van der Waals surface area contributed by atoms with Gasteiger partial charge >= 0.3 is 0 Å². The normalized spacial score (nSPS) is 12.8. The molecule has 1 aliphatic carbocycles. The second-order valence-corrected chi connectivity index (χ2v) is 10.4. The molecular formula is C37H23F2N3. The maximum atomic E-state index is 14.2. The Kier molecular flexibility index (Phi) is 5.99. The zero-order chi connectivity index (χ0) is 28.8. The van der Waals surface area contributed by atoms with E-state index in [9.17, 15) is 14.0 Å². The van der Waals surface area contributed by atoms with E-state index in [0.717, 1.165) is 44.9 Å². The van der Waals surface area contributed by atoms with Crippen LogP contribution in [0.2, 0.25) is 0 Å². The van der Waals surface area contributed by atoms with Crippen molar-refractivity contribution in [1.29, 1.82) is 5.26 Å². The zero-order valence-electron chi connectivity index (χ0n) is 22.6. The van der Waals surface area contributed by atoms with Gasteiger partial charge in [-0.15, -0.1) is 0 Å². The largest absolute Gasteiger partial charge is 0.251 e. The molecule has 2 aromatic heterocycles. The topological polar surface area (TPSA) is 49.6 Å². The van der Waals surface area contributed by atoms with E-state index in [-0.39, 0.29) is 11.4 Å². The third-order valence-electron chi connectivity index (χ3n) is 8.06. The number of hydrogen-bond acceptors (Lipinski definition) is 3. The molecule has 0 fully saturated rings. The van der Waals surface area contributed by atoms with Gasteiger partial charge in [0.25, 0.3) is 0 Å². The van der Waals surface area contributed by atoms with Gasteiger partial charge in [-0.05, 0) is 95.4 Å². The lowest BCUT2D eigenvalue weighted by Crippen LogP contribution is -2.31. The maximum Gasteiger partial charge on any atom is 0.140 e. The summed E-state index contributed by atoms with van der Waals surface area (Å²) in [6, 6.07) is 39.7. The van der Waals surface area contributed by atoms with Gasteiger partial charge < -0.3 is 0 Å². The van der Waals surface area contributed by atoms with Gasteiger partial charge in [0.05, 0.1) is 28.3 Å². The average Bonchev–Trinajstić information content (AvgIpc) is 3.34. The Morgan fingerprint density at radius 3 is 1.67 bits per heavy atom. The van der Waals surface area contributed by atoms with Crippen molar-refractivity contribution in [2.24, 2.45) is 0 Å². The van der Waals surface area contributed by atoms with E-state index in [0.29, 0.717) is 16.8 Å². The SMILES string of the molecule is Cc1cc(-c2cccc(C3(c4cccc(-c5ccc(F)c(C#N)c5)n4)c4ccccc4-c4ccccc43)n2)ccc1F. The first kappa shape index (κ1) is 25.5. The summed E-state index contributed by atoms with van der Waals surface area (Å²) in [4.78, 5) is 10.4. The molecule has 1 aliphatic rings. The Morgan fingerprint density at radius 1 is 0.595 bits per heavy atom. The Balaban J connectivity index is 1.52. The highest BCUT2D eigenvalue weighted by Crippen LogP contribution is 2.55. The van der Waals surface area contributed by atoms with Crippen LogP contribution in [0.25, 0.3) is 33.6 Å². The van der Waals surface area contributed by atoms with E-state index < -0.39 is 11.2 Å². The van der Waals surface area contributed by atoms with E-state index >= 15 is 0 Å². The summed E-state index contributed by atoms with van der Waals surface area (Å²) >= 11 is 0. The van der Waals surface area contributed by atoms with Crippen LogP contribution in [0, 0.1) is 29.9 Å². The number of halogens is 2. The lowest BCUT2D eigenvalue weighted by Gasteiger charge is -2.32. The van der Waals surface area contributed by atoms with Crippen LogP contribution >= 0.6 is 0 Å². The van der Waals surface area contributed by atoms with Crippen molar-refractivity contribution in [3.05, 3.63) is 167 Å². The number of rotatable bonds is 4. The smallest absolute Gasteiger partial charge is 0.140 e. The van der Waals surface area contributed by atoms with Crippen molar-refractivity contribution < 1.29 is 8.78 Å². The number of aryl methyl sites for hydroxylation is 1. The van der Waals surface area contributed by atoms with Crippen LogP contribution in [0.4, 0.5) is 8.78 Å². The molecular weight excluding hydrogens is 524 g/mol. The Labute approximate surface area is 242 Å². The van der Waals surface area contributed by atoms with E-state index in [1.165, 1.54) is 18.2 Å². The maximum absolute atomic E-state index is 14.2. The highest BCUT2D eigenvalue weighted by atomic mass is 19.1. The van der Waals surface area contributed by atoms with Gasteiger partial charge in [0.1, 0.15) is 23.1 Å². The molecule has 42 heavy (non-hydrogen) atoms. The molecule has 0 saturated heterocycles. The van der Waals surface area contributed by atoms with Gasteiger partial charge in [-0.3, -0.25) is 9.97 Å². The van der Waals surface area contributed by atoms with Crippen LogP contribution in [0.1, 0.15) is 33.6 Å². The third-order valence-corrected chi connectivity index (χ3v) is 8.06. The van der Waals surface area contributed by atoms with E-state index in [2.05, 4.69) is 24.3 Å². The highest BCUT2D eigenvalue weighted by Gasteiger charge is 2.48. The van der Waals surface area contributed by atoms with Crippen LogP contribution in [0.15, 0.2) is 121 Å². The summed E-state index contributed by atoms with van der Waals surface area (Å²) in [5, 5.41) is 9.44. The van der Waals surface area contributed by atoms with E-state index in [1.807, 2.05) is 72.8 Å². The standard InChI is InChI=1S/C37H23F2N3/c1-23-20-24(16-18-31(23)38)33-12-6-14-35(41-33)37(29-10-4-2-8-27(29)28-9-3-5-11-30(28)37)36-15-7-13-34(42-36)25-17-19-32(39)26(21-25)22-40/h2-21H,1H3. The molecule has 7 rings (SSSR count). The van der Waals surface area contributed by atoms with Crippen LogP contribution < -0.4 is 0 Å². The predicted molar refractivity (Wildman–Crippen MR) is 160 cm³/mol. The Morgan fingerprint density at radius 2 is 1.12 bits per heavy atom. The predicted octanol–water partition coefficient (Wildman–Crippen LogP) is 8.63. The molecule has 0 unspecified atom stereocenters. The molecule has 0 aliphatic heterocycles. The molecule has 2 heterocycles. The average molecular weight is 548 g/mol. The van der Waals surface area contributed by atoms with Crippen molar-refractivity contribution in [2.45, 2.75) is 12.3 Å². The fourth-order valence-corrected chi connectivity index (χ4v) is 6.10. The molecule has 200 valence electrons. The fourth-order valence-electron chi connectivity index (χ4n) is 6.10. The molecule has 0 bridgehead atoms. The zero-order valence-corrected chi connectivity index (χ0v) is 22.6. The minimum atomic E-state index is -0.869. The molecule has 0 N–H and O–H groups in total. The number of aromatic nitrogens is 2. The van der Waals surface area contributed by atoms with Crippen molar-refractivity contribution in [3.8, 4) is 39.7 Å². The van der Waals surface area contributed by atoms with E-state index in [4.69, 9.17) is 9.97 Å². The molecule has 0 saturated carbocycles. The lowest BCUT2D eigenvalue weighted by atomic mass is 9.72. The van der Waals surface area contributed by atoms with Gasteiger partial charge in [0.2, 0.25) is 0 Å². The Bertz CT molecular complexity index is 2010. The molecule has 3 nitrogen and oxygen atoms in total.